The molecule has 0 unspecified atom stereocenters. The van der Waals surface area contributed by atoms with Gasteiger partial charge >= 0.3 is 0 Å². The van der Waals surface area contributed by atoms with Crippen LogP contribution >= 0.6 is 0 Å². The first-order valence-electron chi connectivity index (χ1n) is 3.18. The van der Waals surface area contributed by atoms with Gasteiger partial charge in [-0.3, -0.25) is 0 Å². The van der Waals surface area contributed by atoms with E-state index >= 15 is 0 Å². The molecule has 2 heterocycles. The molecule has 49 valence electrons. The lowest BCUT2D eigenvalue weighted by Gasteiger charge is -1.90. The number of rotatable bonds is 0. The second kappa shape index (κ2) is 1.84. The van der Waals surface area contributed by atoms with Crippen molar-refractivity contribution in [3.63, 3.8) is 0 Å². The molecule has 2 aromatic rings. The molecule has 2 aromatic heterocycles. The van der Waals surface area contributed by atoms with Crippen molar-refractivity contribution in [2.75, 3.05) is 0 Å². The Morgan fingerprint density at radius 2 is 2.50 bits per heavy atom. The fourth-order valence-electron chi connectivity index (χ4n) is 1.04. The standard InChI is InChI=1S/C8H7N2/c1-6-2-4-9-8-7(6)3-5-10-8/h3-5H,1H3,(H,9,10). The van der Waals surface area contributed by atoms with Crippen LogP contribution in [0.1, 0.15) is 5.56 Å². The number of H-pyrrole nitrogens is 1. The minimum absolute atomic E-state index is 0.941. The highest BCUT2D eigenvalue weighted by atomic mass is 14.8. The number of nitrogens with zero attached hydrogens (tertiary/aromatic N) is 1. The van der Waals surface area contributed by atoms with Crippen LogP contribution < -0.4 is 0 Å². The average molecular weight is 131 g/mol. The van der Waals surface area contributed by atoms with Crippen LogP contribution in [-0.4, -0.2) is 9.97 Å². The quantitative estimate of drug-likeness (QED) is 0.578. The summed E-state index contributed by atoms with van der Waals surface area (Å²) >= 11 is 0. The van der Waals surface area contributed by atoms with Gasteiger partial charge in [-0.15, -0.1) is 0 Å². The zero-order valence-corrected chi connectivity index (χ0v) is 5.68. The predicted molar refractivity (Wildman–Crippen MR) is 39.7 cm³/mol. The first kappa shape index (κ1) is 5.47. The molecule has 0 saturated heterocycles. The molecule has 1 N–H and O–H groups in total. The smallest absolute Gasteiger partial charge is 0.137 e. The maximum atomic E-state index is 4.09. The highest BCUT2D eigenvalue weighted by molar-refractivity contribution is 5.78. The largest absolute Gasteiger partial charge is 0.346 e. The molecular weight excluding hydrogens is 124 g/mol. The lowest BCUT2D eigenvalue weighted by molar-refractivity contribution is 1.30. The van der Waals surface area contributed by atoms with Gasteiger partial charge in [0.25, 0.3) is 0 Å². The number of hydrogen-bond donors (Lipinski definition) is 1. The Balaban J connectivity index is 2.95. The zero-order valence-electron chi connectivity index (χ0n) is 5.68. The Bertz CT molecular complexity index is 349. The van der Waals surface area contributed by atoms with E-state index in [1.54, 1.807) is 6.20 Å². The number of pyridine rings is 1. The molecule has 2 nitrogen and oxygen atoms in total. The topological polar surface area (TPSA) is 28.7 Å². The van der Waals surface area contributed by atoms with Crippen LogP contribution in [0.5, 0.6) is 0 Å². The molecule has 0 amide bonds. The summed E-state index contributed by atoms with van der Waals surface area (Å²) in [5.41, 5.74) is 2.09. The van der Waals surface area contributed by atoms with E-state index in [0.29, 0.717) is 0 Å². The number of aromatic nitrogens is 2. The van der Waals surface area contributed by atoms with E-state index in [-0.39, 0.29) is 0 Å². The Morgan fingerprint density at radius 1 is 1.60 bits per heavy atom. The van der Waals surface area contributed by atoms with Crippen molar-refractivity contribution in [1.82, 2.24) is 9.97 Å². The maximum Gasteiger partial charge on any atom is 0.137 e. The van der Waals surface area contributed by atoms with E-state index in [2.05, 4.69) is 16.0 Å². The molecular formula is C8H7N2. The van der Waals surface area contributed by atoms with Crippen molar-refractivity contribution in [2.24, 2.45) is 0 Å². The Kier molecular flexibility index (Phi) is 1.01. The minimum atomic E-state index is 0.941. The van der Waals surface area contributed by atoms with Gasteiger partial charge in [0.15, 0.2) is 0 Å². The summed E-state index contributed by atoms with van der Waals surface area (Å²) < 4.78 is 0. The predicted octanol–water partition coefficient (Wildman–Crippen LogP) is 1.67. The lowest BCUT2D eigenvalue weighted by atomic mass is 10.2. The van der Waals surface area contributed by atoms with Crippen molar-refractivity contribution in [2.45, 2.75) is 6.92 Å². The van der Waals surface area contributed by atoms with Gasteiger partial charge in [-0.2, -0.15) is 0 Å². The summed E-state index contributed by atoms with van der Waals surface area (Å²) in [5.74, 6) is 0. The van der Waals surface area contributed by atoms with Gasteiger partial charge < -0.3 is 4.98 Å². The number of aryl methyl sites for hydroxylation is 1. The molecule has 2 rings (SSSR count). The molecule has 1 radical (unpaired) electrons. The van der Waals surface area contributed by atoms with E-state index in [1.165, 1.54) is 0 Å². The number of hydrogen-bond acceptors (Lipinski definition) is 1. The van der Waals surface area contributed by atoms with Crippen molar-refractivity contribution in [3.05, 3.63) is 30.1 Å². The van der Waals surface area contributed by atoms with Gasteiger partial charge in [0, 0.05) is 23.8 Å². The van der Waals surface area contributed by atoms with Crippen LogP contribution in [-0.2, 0) is 0 Å². The maximum absolute atomic E-state index is 4.09. The molecule has 0 aromatic carbocycles. The van der Waals surface area contributed by atoms with Crippen molar-refractivity contribution in [1.29, 1.82) is 0 Å². The van der Waals surface area contributed by atoms with Crippen LogP contribution in [0.15, 0.2) is 18.5 Å². The Labute approximate surface area is 58.9 Å². The van der Waals surface area contributed by atoms with Crippen molar-refractivity contribution in [3.8, 4) is 0 Å². The van der Waals surface area contributed by atoms with Crippen LogP contribution in [0.3, 0.4) is 0 Å². The molecule has 0 aliphatic heterocycles. The third-order valence-corrected chi connectivity index (χ3v) is 1.60. The normalized spacial score (nSPS) is 10.5. The lowest BCUT2D eigenvalue weighted by Crippen LogP contribution is -1.77. The van der Waals surface area contributed by atoms with Crippen LogP contribution in [0, 0.1) is 13.0 Å². The highest BCUT2D eigenvalue weighted by Crippen LogP contribution is 2.12. The molecule has 0 atom stereocenters. The molecule has 0 aliphatic carbocycles. The van der Waals surface area contributed by atoms with E-state index in [9.17, 15) is 0 Å². The third-order valence-electron chi connectivity index (χ3n) is 1.60. The van der Waals surface area contributed by atoms with E-state index < -0.39 is 0 Å². The molecule has 0 bridgehead atoms. The van der Waals surface area contributed by atoms with Gasteiger partial charge in [-0.25, -0.2) is 4.98 Å². The monoisotopic (exact) mass is 131 g/mol. The fraction of sp³-hybridized carbons (Fsp3) is 0.125. The summed E-state index contributed by atoms with van der Waals surface area (Å²) in [6.45, 7) is 2.03. The number of fused-ring (bicyclic) bond motifs is 1. The first-order chi connectivity index (χ1) is 4.88. The fourth-order valence-corrected chi connectivity index (χ4v) is 1.04. The van der Waals surface area contributed by atoms with Gasteiger partial charge in [0.1, 0.15) is 5.65 Å². The van der Waals surface area contributed by atoms with E-state index in [0.717, 1.165) is 16.6 Å². The molecule has 0 spiro atoms. The second-order valence-corrected chi connectivity index (χ2v) is 2.27. The molecule has 0 saturated carbocycles. The summed E-state index contributed by atoms with van der Waals surface area (Å²) in [4.78, 5) is 7.12. The highest BCUT2D eigenvalue weighted by Gasteiger charge is 1.95. The van der Waals surface area contributed by atoms with Gasteiger partial charge in [-0.1, -0.05) is 0 Å². The van der Waals surface area contributed by atoms with Gasteiger partial charge in [0.05, 0.1) is 0 Å². The van der Waals surface area contributed by atoms with Crippen LogP contribution in [0.4, 0.5) is 0 Å². The number of nitrogens with one attached hydrogen (secondary N) is 1. The Morgan fingerprint density at radius 3 is 3.30 bits per heavy atom. The molecule has 0 fully saturated rings. The van der Waals surface area contributed by atoms with E-state index in [4.69, 9.17) is 0 Å². The number of aromatic amines is 1. The Hall–Kier alpha value is -1.31. The average Bonchev–Trinajstić information content (AvgIpc) is 2.36. The van der Waals surface area contributed by atoms with Crippen LogP contribution in [0.25, 0.3) is 11.0 Å². The minimum Gasteiger partial charge on any atom is -0.346 e. The second-order valence-electron chi connectivity index (χ2n) is 2.27. The summed E-state index contributed by atoms with van der Waals surface area (Å²) in [7, 11) is 0. The van der Waals surface area contributed by atoms with Gasteiger partial charge in [0.2, 0.25) is 0 Å². The van der Waals surface area contributed by atoms with Crippen LogP contribution in [0.2, 0.25) is 0 Å². The molecule has 0 aliphatic rings. The molecule has 10 heavy (non-hydrogen) atoms. The third kappa shape index (κ3) is 0.620. The SMILES string of the molecule is Cc1[c]cnc2[nH]ccc12. The van der Waals surface area contributed by atoms with Crippen molar-refractivity contribution >= 4 is 11.0 Å². The van der Waals surface area contributed by atoms with E-state index in [1.807, 2.05) is 19.2 Å². The molecule has 2 heteroatoms. The first-order valence-corrected chi connectivity index (χ1v) is 3.18. The summed E-state index contributed by atoms with van der Waals surface area (Å²) in [5, 5.41) is 1.16. The summed E-state index contributed by atoms with van der Waals surface area (Å²) in [6.07, 6.45) is 3.58. The van der Waals surface area contributed by atoms with Gasteiger partial charge in [-0.05, 0) is 18.6 Å². The van der Waals surface area contributed by atoms with Crippen molar-refractivity contribution < 1.29 is 0 Å². The summed E-state index contributed by atoms with van der Waals surface area (Å²) in [6, 6.07) is 5.04. The zero-order chi connectivity index (χ0) is 6.97.